The average Bonchev–Trinajstić information content (AvgIpc) is 3.12. The van der Waals surface area contributed by atoms with Gasteiger partial charge in [-0.2, -0.15) is 0 Å². The van der Waals surface area contributed by atoms with E-state index in [9.17, 15) is 9.59 Å². The molecule has 1 aliphatic carbocycles. The zero-order chi connectivity index (χ0) is 14.7. The van der Waals surface area contributed by atoms with Crippen molar-refractivity contribution in [1.29, 1.82) is 0 Å². The zero-order valence-corrected chi connectivity index (χ0v) is 12.3. The molecule has 1 saturated carbocycles. The van der Waals surface area contributed by atoms with Gasteiger partial charge in [0, 0.05) is 12.6 Å². The number of thiazole rings is 1. The minimum atomic E-state index is -0.591. The van der Waals surface area contributed by atoms with E-state index in [2.05, 4.69) is 20.9 Å². The van der Waals surface area contributed by atoms with Crippen LogP contribution in [0.15, 0.2) is 0 Å². The number of nitrogens with one attached hydrogen (secondary N) is 3. The Kier molecular flexibility index (Phi) is 4.43. The number of rotatable bonds is 6. The fraction of sp³-hybridized carbons (Fsp3) is 0.583. The number of aromatic nitrogens is 1. The molecule has 1 aromatic heterocycles. The van der Waals surface area contributed by atoms with Crippen LogP contribution in [0.3, 0.4) is 0 Å². The van der Waals surface area contributed by atoms with Gasteiger partial charge in [0.15, 0.2) is 5.13 Å². The summed E-state index contributed by atoms with van der Waals surface area (Å²) in [6, 6.07) is -0.317. The quantitative estimate of drug-likeness (QED) is 0.613. The number of hydrogen-bond acceptors (Lipinski definition) is 6. The fourth-order valence-corrected chi connectivity index (χ4v) is 2.46. The van der Waals surface area contributed by atoms with Gasteiger partial charge in [-0.05, 0) is 26.7 Å². The highest BCUT2D eigenvalue weighted by Gasteiger charge is 2.27. The van der Waals surface area contributed by atoms with Crippen molar-refractivity contribution < 1.29 is 9.59 Å². The molecule has 0 aliphatic heterocycles. The van der Waals surface area contributed by atoms with Crippen molar-refractivity contribution in [2.45, 2.75) is 38.8 Å². The van der Waals surface area contributed by atoms with E-state index in [1.807, 2.05) is 6.92 Å². The first-order chi connectivity index (χ1) is 9.51. The number of amides is 2. The summed E-state index contributed by atoms with van der Waals surface area (Å²) in [5.74, 6) is -0.364. The molecule has 20 heavy (non-hydrogen) atoms. The maximum atomic E-state index is 12.1. The Morgan fingerprint density at radius 2 is 2.20 bits per heavy atom. The van der Waals surface area contributed by atoms with E-state index >= 15 is 0 Å². The SMILES string of the molecule is CCNc1nc(N)c(C(=O)NC(C)C(=O)NC2CC2)s1. The molecular weight excluding hydrogens is 278 g/mol. The molecule has 8 heteroatoms. The summed E-state index contributed by atoms with van der Waals surface area (Å²) in [4.78, 5) is 28.2. The molecule has 1 unspecified atom stereocenters. The van der Waals surface area contributed by atoms with Gasteiger partial charge in [-0.25, -0.2) is 4.98 Å². The van der Waals surface area contributed by atoms with E-state index in [0.717, 1.165) is 12.8 Å². The Bertz CT molecular complexity index is 512. The summed E-state index contributed by atoms with van der Waals surface area (Å²) in [6.45, 7) is 4.29. The molecule has 1 aromatic rings. The molecule has 110 valence electrons. The number of anilines is 2. The van der Waals surface area contributed by atoms with E-state index in [-0.39, 0.29) is 23.7 Å². The predicted octanol–water partition coefficient (Wildman–Crippen LogP) is 0.554. The first-order valence-corrected chi connectivity index (χ1v) is 7.44. The standard InChI is InChI=1S/C12H19N5O2S/c1-3-14-12-17-9(13)8(20-12)11(19)15-6(2)10(18)16-7-4-5-7/h6-7H,3-5,13H2,1-2H3,(H,14,17)(H,15,19)(H,16,18). The molecule has 2 rings (SSSR count). The summed E-state index contributed by atoms with van der Waals surface area (Å²) in [6.07, 6.45) is 2.03. The topological polar surface area (TPSA) is 109 Å². The summed E-state index contributed by atoms with van der Waals surface area (Å²) >= 11 is 1.18. The Morgan fingerprint density at radius 1 is 1.50 bits per heavy atom. The smallest absolute Gasteiger partial charge is 0.265 e. The van der Waals surface area contributed by atoms with Crippen LogP contribution in [-0.4, -0.2) is 35.4 Å². The average molecular weight is 297 g/mol. The Hall–Kier alpha value is -1.83. The van der Waals surface area contributed by atoms with Crippen LogP contribution in [0.2, 0.25) is 0 Å². The van der Waals surface area contributed by atoms with Crippen molar-refractivity contribution in [1.82, 2.24) is 15.6 Å². The molecule has 0 aromatic carbocycles. The second-order valence-corrected chi connectivity index (χ2v) is 5.74. The van der Waals surface area contributed by atoms with E-state index in [0.29, 0.717) is 16.6 Å². The molecule has 5 N–H and O–H groups in total. The van der Waals surface area contributed by atoms with Crippen LogP contribution in [-0.2, 0) is 4.79 Å². The number of hydrogen-bond donors (Lipinski definition) is 4. The maximum Gasteiger partial charge on any atom is 0.265 e. The number of carbonyl (C=O) groups is 2. The summed E-state index contributed by atoms with van der Waals surface area (Å²) < 4.78 is 0. The minimum absolute atomic E-state index is 0.171. The van der Waals surface area contributed by atoms with Crippen molar-refractivity contribution in [3.63, 3.8) is 0 Å². The first-order valence-electron chi connectivity index (χ1n) is 6.62. The van der Waals surface area contributed by atoms with Gasteiger partial charge >= 0.3 is 0 Å². The van der Waals surface area contributed by atoms with E-state index in [4.69, 9.17) is 5.73 Å². The zero-order valence-electron chi connectivity index (χ0n) is 11.5. The number of nitrogens with zero attached hydrogens (tertiary/aromatic N) is 1. The van der Waals surface area contributed by atoms with Gasteiger partial charge < -0.3 is 21.7 Å². The highest BCUT2D eigenvalue weighted by atomic mass is 32.1. The lowest BCUT2D eigenvalue weighted by Gasteiger charge is -2.13. The molecule has 2 amide bonds. The lowest BCUT2D eigenvalue weighted by Crippen LogP contribution is -2.45. The molecule has 1 fully saturated rings. The van der Waals surface area contributed by atoms with Crippen LogP contribution in [0.1, 0.15) is 36.4 Å². The summed E-state index contributed by atoms with van der Waals surface area (Å²) in [5.41, 5.74) is 5.71. The van der Waals surface area contributed by atoms with Crippen LogP contribution in [0, 0.1) is 0 Å². The Morgan fingerprint density at radius 3 is 2.80 bits per heavy atom. The molecule has 0 spiro atoms. The van der Waals surface area contributed by atoms with Crippen LogP contribution in [0.25, 0.3) is 0 Å². The molecule has 0 radical (unpaired) electrons. The van der Waals surface area contributed by atoms with Gasteiger partial charge in [-0.15, -0.1) is 0 Å². The van der Waals surface area contributed by atoms with Gasteiger partial charge in [0.2, 0.25) is 5.91 Å². The maximum absolute atomic E-state index is 12.1. The van der Waals surface area contributed by atoms with Gasteiger partial charge in [-0.1, -0.05) is 11.3 Å². The van der Waals surface area contributed by atoms with Crippen LogP contribution in [0.5, 0.6) is 0 Å². The Labute approximate surface area is 121 Å². The molecule has 1 heterocycles. The van der Waals surface area contributed by atoms with Crippen molar-refractivity contribution >= 4 is 34.1 Å². The number of carbonyl (C=O) groups excluding carboxylic acids is 2. The van der Waals surface area contributed by atoms with Crippen molar-refractivity contribution in [3.8, 4) is 0 Å². The molecule has 7 nitrogen and oxygen atoms in total. The minimum Gasteiger partial charge on any atom is -0.382 e. The van der Waals surface area contributed by atoms with Crippen molar-refractivity contribution in [2.24, 2.45) is 0 Å². The van der Waals surface area contributed by atoms with E-state index in [1.165, 1.54) is 11.3 Å². The number of nitrogens with two attached hydrogens (primary N) is 1. The normalized spacial score (nSPS) is 15.5. The van der Waals surface area contributed by atoms with Crippen LogP contribution >= 0.6 is 11.3 Å². The third-order valence-electron chi connectivity index (χ3n) is 2.85. The third-order valence-corrected chi connectivity index (χ3v) is 3.88. The second kappa shape index (κ2) is 6.08. The fourth-order valence-electron chi connectivity index (χ4n) is 1.60. The highest BCUT2D eigenvalue weighted by Crippen LogP contribution is 2.24. The molecular formula is C12H19N5O2S. The molecule has 1 aliphatic rings. The second-order valence-electron chi connectivity index (χ2n) is 4.74. The largest absolute Gasteiger partial charge is 0.382 e. The highest BCUT2D eigenvalue weighted by molar-refractivity contribution is 7.18. The van der Waals surface area contributed by atoms with Crippen LogP contribution < -0.4 is 21.7 Å². The van der Waals surface area contributed by atoms with Crippen LogP contribution in [0.4, 0.5) is 10.9 Å². The Balaban J connectivity index is 1.94. The molecule has 0 bridgehead atoms. The van der Waals surface area contributed by atoms with Gasteiger partial charge in [0.25, 0.3) is 5.91 Å². The van der Waals surface area contributed by atoms with Gasteiger partial charge in [0.05, 0.1) is 0 Å². The van der Waals surface area contributed by atoms with Crippen molar-refractivity contribution in [2.75, 3.05) is 17.6 Å². The monoisotopic (exact) mass is 297 g/mol. The first kappa shape index (κ1) is 14.6. The van der Waals surface area contributed by atoms with E-state index in [1.54, 1.807) is 6.92 Å². The third kappa shape index (κ3) is 3.60. The molecule has 1 atom stereocenters. The number of nitrogen functional groups attached to an aromatic ring is 1. The molecule has 0 saturated heterocycles. The van der Waals surface area contributed by atoms with Gasteiger partial charge in [-0.3, -0.25) is 9.59 Å². The lowest BCUT2D eigenvalue weighted by molar-refractivity contribution is -0.122. The predicted molar refractivity (Wildman–Crippen MR) is 78.8 cm³/mol. The van der Waals surface area contributed by atoms with E-state index < -0.39 is 6.04 Å². The van der Waals surface area contributed by atoms with Gasteiger partial charge in [0.1, 0.15) is 16.7 Å². The van der Waals surface area contributed by atoms with Crippen molar-refractivity contribution in [3.05, 3.63) is 4.88 Å². The summed E-state index contributed by atoms with van der Waals surface area (Å²) in [5, 5.41) is 9.08. The summed E-state index contributed by atoms with van der Waals surface area (Å²) in [7, 11) is 0. The lowest BCUT2D eigenvalue weighted by atomic mass is 10.3.